The second-order valence-electron chi connectivity index (χ2n) is 6.85. The van der Waals surface area contributed by atoms with Gasteiger partial charge in [-0.15, -0.1) is 0 Å². The maximum atomic E-state index is 10.2. The molecule has 1 saturated heterocycles. The van der Waals surface area contributed by atoms with Crippen LogP contribution in [0.5, 0.6) is 5.75 Å². The van der Waals surface area contributed by atoms with E-state index in [1.54, 1.807) is 0 Å². The summed E-state index contributed by atoms with van der Waals surface area (Å²) >= 11 is 0. The molecular weight excluding hydrogens is 277 g/mol. The van der Waals surface area contributed by atoms with Crippen LogP contribution in [0.25, 0.3) is 6.08 Å². The average Bonchev–Trinajstić information content (AvgIpc) is 2.63. The van der Waals surface area contributed by atoms with Crippen molar-refractivity contribution < 1.29 is 14.4 Å². The minimum absolute atomic E-state index is 0.299. The third kappa shape index (κ3) is 3.22. The zero-order chi connectivity index (χ0) is 16.5. The normalized spacial score (nSPS) is 20.5. The minimum Gasteiger partial charge on any atom is -0.507 e. The highest BCUT2D eigenvalue weighted by molar-refractivity contribution is 6.56. The summed E-state index contributed by atoms with van der Waals surface area (Å²) in [5.41, 5.74) is 1.84. The number of rotatable bonds is 4. The van der Waals surface area contributed by atoms with Gasteiger partial charge in [0.15, 0.2) is 0 Å². The highest BCUT2D eigenvalue weighted by Crippen LogP contribution is 2.39. The van der Waals surface area contributed by atoms with E-state index < -0.39 is 7.12 Å². The lowest BCUT2D eigenvalue weighted by atomic mass is 9.77. The average molecular weight is 303 g/mol. The summed E-state index contributed by atoms with van der Waals surface area (Å²) in [5.74, 6) is 0.299. The summed E-state index contributed by atoms with van der Waals surface area (Å²) in [6.45, 7) is 10.7. The molecule has 1 aliphatic heterocycles. The van der Waals surface area contributed by atoms with Crippen LogP contribution in [0.2, 0.25) is 0 Å². The summed E-state index contributed by atoms with van der Waals surface area (Å²) < 4.78 is 12.2. The number of likely N-dealkylation sites (N-methyl/N-ethyl adjacent to an activating group) is 1. The maximum absolute atomic E-state index is 10.2. The van der Waals surface area contributed by atoms with Crippen LogP contribution in [0.3, 0.4) is 0 Å². The fourth-order valence-electron chi connectivity index (χ4n) is 2.40. The third-order valence-corrected chi connectivity index (χ3v) is 4.55. The molecule has 0 saturated carbocycles. The zero-order valence-corrected chi connectivity index (χ0v) is 14.4. The van der Waals surface area contributed by atoms with E-state index in [9.17, 15) is 5.11 Å². The molecule has 0 aromatic heterocycles. The summed E-state index contributed by atoms with van der Waals surface area (Å²) in [4.78, 5) is 0. The minimum atomic E-state index is -0.419. The van der Waals surface area contributed by atoms with Crippen LogP contribution in [0.15, 0.2) is 23.7 Å². The largest absolute Gasteiger partial charge is 0.507 e. The Kier molecular flexibility index (Phi) is 4.71. The Bertz CT molecular complexity index is 565. The smallest absolute Gasteiger partial charge is 0.491 e. The first kappa shape index (κ1) is 17.1. The highest BCUT2D eigenvalue weighted by Gasteiger charge is 2.52. The summed E-state index contributed by atoms with van der Waals surface area (Å²) in [6, 6.07) is 5.71. The van der Waals surface area contributed by atoms with Gasteiger partial charge in [0.1, 0.15) is 5.75 Å². The van der Waals surface area contributed by atoms with E-state index in [2.05, 4.69) is 5.32 Å². The number of hydrogen-bond acceptors (Lipinski definition) is 4. The Labute approximate surface area is 133 Å². The number of phenols is 1. The number of aromatic hydroxyl groups is 1. The van der Waals surface area contributed by atoms with E-state index >= 15 is 0 Å². The first-order valence-corrected chi connectivity index (χ1v) is 7.67. The highest BCUT2D eigenvalue weighted by atomic mass is 16.7. The summed E-state index contributed by atoms with van der Waals surface area (Å²) in [7, 11) is 1.46. The number of phenolic OH excluding ortho intramolecular Hbond substituents is 1. The molecule has 2 N–H and O–H groups in total. The Balaban J connectivity index is 2.35. The Hall–Kier alpha value is -1.30. The number of nitrogens with one attached hydrogen (secondary N) is 1. The van der Waals surface area contributed by atoms with Crippen molar-refractivity contribution in [2.24, 2.45) is 0 Å². The van der Waals surface area contributed by atoms with E-state index in [0.29, 0.717) is 12.3 Å². The molecule has 1 aromatic carbocycles. The molecule has 0 unspecified atom stereocenters. The van der Waals surface area contributed by atoms with Crippen molar-refractivity contribution in [1.82, 2.24) is 5.32 Å². The Morgan fingerprint density at radius 1 is 1.23 bits per heavy atom. The first-order chi connectivity index (χ1) is 10.2. The molecule has 0 radical (unpaired) electrons. The molecule has 22 heavy (non-hydrogen) atoms. The number of benzene rings is 1. The standard InChI is InChI=1S/C17H26BNO3/c1-12-8-7-9-13(15(12)20)10-14(11-19-6)18-21-16(2,3)17(4,5)22-18/h7-10,19-20H,11H2,1-6H3. The topological polar surface area (TPSA) is 50.7 Å². The predicted octanol–water partition coefficient (Wildman–Crippen LogP) is 2.93. The van der Waals surface area contributed by atoms with Gasteiger partial charge in [0, 0.05) is 12.1 Å². The molecule has 0 aliphatic carbocycles. The zero-order valence-electron chi connectivity index (χ0n) is 14.4. The maximum Gasteiger partial charge on any atom is 0.491 e. The molecule has 1 aliphatic rings. The van der Waals surface area contributed by atoms with Crippen molar-refractivity contribution in [2.45, 2.75) is 45.8 Å². The van der Waals surface area contributed by atoms with Crippen LogP contribution >= 0.6 is 0 Å². The van der Waals surface area contributed by atoms with Gasteiger partial charge < -0.3 is 19.7 Å². The van der Waals surface area contributed by atoms with Gasteiger partial charge in [0.2, 0.25) is 0 Å². The van der Waals surface area contributed by atoms with Gasteiger partial charge in [-0.3, -0.25) is 0 Å². The van der Waals surface area contributed by atoms with Crippen molar-refractivity contribution in [3.63, 3.8) is 0 Å². The van der Waals surface area contributed by atoms with E-state index in [1.807, 2.05) is 65.9 Å². The molecule has 0 atom stereocenters. The molecule has 1 heterocycles. The molecular formula is C17H26BNO3. The second-order valence-corrected chi connectivity index (χ2v) is 6.85. The van der Waals surface area contributed by atoms with Crippen LogP contribution in [0.4, 0.5) is 0 Å². The molecule has 5 heteroatoms. The predicted molar refractivity (Wildman–Crippen MR) is 90.8 cm³/mol. The van der Waals surface area contributed by atoms with Gasteiger partial charge in [-0.05, 0) is 52.7 Å². The van der Waals surface area contributed by atoms with Gasteiger partial charge >= 0.3 is 7.12 Å². The monoisotopic (exact) mass is 303 g/mol. The first-order valence-electron chi connectivity index (χ1n) is 7.67. The van der Waals surface area contributed by atoms with Crippen LogP contribution in [0, 0.1) is 6.92 Å². The van der Waals surface area contributed by atoms with Crippen LogP contribution in [0.1, 0.15) is 38.8 Å². The number of hydrogen-bond donors (Lipinski definition) is 2. The van der Waals surface area contributed by atoms with Crippen LogP contribution in [-0.2, 0) is 9.31 Å². The van der Waals surface area contributed by atoms with E-state index in [4.69, 9.17) is 9.31 Å². The fourth-order valence-corrected chi connectivity index (χ4v) is 2.40. The molecule has 0 bridgehead atoms. The number of para-hydroxylation sites is 1. The van der Waals surface area contributed by atoms with Crippen molar-refractivity contribution in [3.8, 4) is 5.75 Å². The molecule has 120 valence electrons. The van der Waals surface area contributed by atoms with Crippen LogP contribution < -0.4 is 5.32 Å². The molecule has 0 amide bonds. The van der Waals surface area contributed by atoms with E-state index in [1.165, 1.54) is 0 Å². The van der Waals surface area contributed by atoms with Crippen molar-refractivity contribution >= 4 is 13.2 Å². The van der Waals surface area contributed by atoms with Gasteiger partial charge in [-0.1, -0.05) is 24.3 Å². The van der Waals surface area contributed by atoms with Crippen molar-refractivity contribution in [2.75, 3.05) is 13.6 Å². The molecule has 4 nitrogen and oxygen atoms in total. The van der Waals surface area contributed by atoms with Gasteiger partial charge in [-0.25, -0.2) is 0 Å². The fraction of sp³-hybridized carbons (Fsp3) is 0.529. The quantitative estimate of drug-likeness (QED) is 0.840. The van der Waals surface area contributed by atoms with E-state index in [-0.39, 0.29) is 11.2 Å². The molecule has 2 rings (SSSR count). The van der Waals surface area contributed by atoms with Crippen molar-refractivity contribution in [3.05, 3.63) is 34.8 Å². The lowest BCUT2D eigenvalue weighted by Crippen LogP contribution is -2.41. The van der Waals surface area contributed by atoms with Gasteiger partial charge in [0.25, 0.3) is 0 Å². The molecule has 0 spiro atoms. The van der Waals surface area contributed by atoms with Crippen molar-refractivity contribution in [1.29, 1.82) is 0 Å². The number of aryl methyl sites for hydroxylation is 1. The second kappa shape index (κ2) is 6.07. The van der Waals surface area contributed by atoms with Gasteiger partial charge in [-0.2, -0.15) is 0 Å². The molecule has 1 fully saturated rings. The van der Waals surface area contributed by atoms with Gasteiger partial charge in [0.05, 0.1) is 11.2 Å². The molecule has 1 aromatic rings. The Morgan fingerprint density at radius 2 is 1.82 bits per heavy atom. The van der Waals surface area contributed by atoms with E-state index in [0.717, 1.165) is 16.6 Å². The summed E-state index contributed by atoms with van der Waals surface area (Å²) in [6.07, 6.45) is 1.95. The third-order valence-electron chi connectivity index (χ3n) is 4.55. The SMILES string of the molecule is CNCC(=Cc1cccc(C)c1O)B1OC(C)(C)C(C)(C)O1. The lowest BCUT2D eigenvalue weighted by molar-refractivity contribution is 0.00578. The lowest BCUT2D eigenvalue weighted by Gasteiger charge is -2.32. The summed E-state index contributed by atoms with van der Waals surface area (Å²) in [5, 5.41) is 13.4. The Morgan fingerprint density at radius 3 is 2.36 bits per heavy atom. The van der Waals surface area contributed by atoms with Crippen LogP contribution in [-0.4, -0.2) is 37.0 Å².